The molecule has 0 spiro atoms. The summed E-state index contributed by atoms with van der Waals surface area (Å²) in [6.07, 6.45) is 2.65. The van der Waals surface area contributed by atoms with E-state index in [1.54, 1.807) is 11.8 Å². The number of amides is 3. The maximum atomic E-state index is 12.2. The molecule has 3 rings (SSSR count). The second kappa shape index (κ2) is 15.7. The number of nitrogens with one attached hydrogen (secondary N) is 2. The summed E-state index contributed by atoms with van der Waals surface area (Å²) in [5.74, 6) is -2.34. The van der Waals surface area contributed by atoms with Gasteiger partial charge in [-0.25, -0.2) is 8.78 Å². The van der Waals surface area contributed by atoms with Crippen molar-refractivity contribution >= 4 is 17.7 Å². The first-order valence-corrected chi connectivity index (χ1v) is 12.8. The van der Waals surface area contributed by atoms with Crippen molar-refractivity contribution in [3.05, 3.63) is 70.8 Å². The van der Waals surface area contributed by atoms with E-state index in [9.17, 15) is 23.2 Å². The van der Waals surface area contributed by atoms with E-state index >= 15 is 0 Å². The molecular formula is C28H38F2N4O3. The summed E-state index contributed by atoms with van der Waals surface area (Å²) in [5.41, 5.74) is 3.19. The van der Waals surface area contributed by atoms with Crippen LogP contribution in [-0.4, -0.2) is 66.8 Å². The van der Waals surface area contributed by atoms with Crippen molar-refractivity contribution in [1.29, 1.82) is 0 Å². The van der Waals surface area contributed by atoms with Crippen LogP contribution in [0.4, 0.5) is 8.78 Å². The van der Waals surface area contributed by atoms with E-state index in [0.29, 0.717) is 31.7 Å². The van der Waals surface area contributed by atoms with Gasteiger partial charge in [0.15, 0.2) is 0 Å². The number of carbonyl (C=O) groups is 3. The first-order chi connectivity index (χ1) is 17.7. The van der Waals surface area contributed by atoms with Crippen LogP contribution in [-0.2, 0) is 27.3 Å². The van der Waals surface area contributed by atoms with Gasteiger partial charge in [0.05, 0.1) is 0 Å². The lowest BCUT2D eigenvalue weighted by atomic mass is 10.1. The number of hydrogen-bond acceptors (Lipinski definition) is 4. The molecule has 2 aromatic carbocycles. The van der Waals surface area contributed by atoms with Crippen LogP contribution in [0, 0.1) is 18.6 Å². The minimum atomic E-state index is -0.578. The molecule has 2 N–H and O–H groups in total. The van der Waals surface area contributed by atoms with Gasteiger partial charge in [0, 0.05) is 38.8 Å². The molecule has 1 saturated heterocycles. The molecule has 0 bridgehead atoms. The Morgan fingerprint density at radius 3 is 2.22 bits per heavy atom. The van der Waals surface area contributed by atoms with Crippen LogP contribution >= 0.6 is 0 Å². The number of aryl methyl sites for hydroxylation is 2. The number of piperazine rings is 1. The topological polar surface area (TPSA) is 81.8 Å². The predicted octanol–water partition coefficient (Wildman–Crippen LogP) is 3.20. The van der Waals surface area contributed by atoms with E-state index in [-0.39, 0.29) is 12.5 Å². The lowest BCUT2D eigenvalue weighted by Gasteiger charge is -2.33. The number of hydrogen-bond donors (Lipinski definition) is 2. The number of benzene rings is 2. The predicted molar refractivity (Wildman–Crippen MR) is 140 cm³/mol. The smallest absolute Gasteiger partial charge is 0.312 e. The Hall–Kier alpha value is -3.33. The Labute approximate surface area is 218 Å². The summed E-state index contributed by atoms with van der Waals surface area (Å²) in [4.78, 5) is 39.0. The Morgan fingerprint density at radius 2 is 1.57 bits per heavy atom. The van der Waals surface area contributed by atoms with Crippen molar-refractivity contribution in [2.24, 2.45) is 0 Å². The summed E-state index contributed by atoms with van der Waals surface area (Å²) in [6, 6.07) is 11.9. The Morgan fingerprint density at radius 1 is 0.919 bits per heavy atom. The van der Waals surface area contributed by atoms with Gasteiger partial charge >= 0.3 is 11.8 Å². The first-order valence-electron chi connectivity index (χ1n) is 12.8. The van der Waals surface area contributed by atoms with E-state index in [4.69, 9.17) is 0 Å². The van der Waals surface area contributed by atoms with Crippen LogP contribution in [0.3, 0.4) is 0 Å². The van der Waals surface area contributed by atoms with Crippen LogP contribution in [0.5, 0.6) is 0 Å². The molecule has 7 nitrogen and oxygen atoms in total. The van der Waals surface area contributed by atoms with E-state index in [0.717, 1.165) is 38.4 Å². The van der Waals surface area contributed by atoms with Gasteiger partial charge in [0.2, 0.25) is 5.91 Å². The van der Waals surface area contributed by atoms with Crippen LogP contribution < -0.4 is 10.6 Å². The van der Waals surface area contributed by atoms with Crippen molar-refractivity contribution in [2.75, 3.05) is 39.3 Å². The zero-order valence-corrected chi connectivity index (χ0v) is 22.0. The molecule has 0 radical (unpaired) electrons. The van der Waals surface area contributed by atoms with Crippen LogP contribution in [0.25, 0.3) is 0 Å². The minimum Gasteiger partial charge on any atom is -0.355 e. The molecule has 1 heterocycles. The summed E-state index contributed by atoms with van der Waals surface area (Å²) < 4.78 is 24.4. The van der Waals surface area contributed by atoms with E-state index in [1.165, 1.54) is 28.2 Å². The number of halogens is 2. The fourth-order valence-corrected chi connectivity index (χ4v) is 3.90. The minimum absolute atomic E-state index is 0.0538. The number of rotatable bonds is 11. The highest BCUT2D eigenvalue weighted by atomic mass is 19.1. The maximum Gasteiger partial charge on any atom is 0.312 e. The van der Waals surface area contributed by atoms with Crippen molar-refractivity contribution in [2.45, 2.75) is 46.6 Å². The molecule has 0 atom stereocenters. The Kier molecular flexibility index (Phi) is 12.7. The molecule has 0 unspecified atom stereocenters. The highest BCUT2D eigenvalue weighted by molar-refractivity contribution is 6.35. The zero-order valence-electron chi connectivity index (χ0n) is 22.0. The molecule has 202 valence electrons. The van der Waals surface area contributed by atoms with Crippen molar-refractivity contribution in [3.63, 3.8) is 0 Å². The van der Waals surface area contributed by atoms with Gasteiger partial charge in [-0.15, -0.1) is 0 Å². The normalized spacial score (nSPS) is 13.3. The van der Waals surface area contributed by atoms with E-state index in [1.807, 2.05) is 6.92 Å². The van der Waals surface area contributed by atoms with E-state index < -0.39 is 23.4 Å². The molecule has 9 heteroatoms. The molecule has 0 saturated carbocycles. The van der Waals surface area contributed by atoms with Gasteiger partial charge in [-0.1, -0.05) is 38.1 Å². The van der Waals surface area contributed by atoms with Gasteiger partial charge in [-0.3, -0.25) is 14.4 Å². The number of carbonyl (C=O) groups excluding carboxylic acids is 3. The Bertz CT molecular complexity index is 997. The van der Waals surface area contributed by atoms with Gasteiger partial charge in [0.25, 0.3) is 0 Å². The fourth-order valence-electron chi connectivity index (χ4n) is 3.90. The standard InChI is InChI=1S/C21H32N4O3.C7H6F2/c1-3-11-24-12-13-25(21(28)20(24)27)16-19(26)23-10-6-9-22-15-18-8-5-7-17(4-2)14-18;1-5-2-6(8)4-7(9)3-5/h5,7-8,14,22H,3-4,6,9-13,15-16H2,1-2H3,(H,23,26);2-4H,1H3. The molecule has 37 heavy (non-hydrogen) atoms. The monoisotopic (exact) mass is 516 g/mol. The second-order valence-electron chi connectivity index (χ2n) is 9.02. The van der Waals surface area contributed by atoms with Crippen molar-refractivity contribution in [3.8, 4) is 0 Å². The lowest BCUT2D eigenvalue weighted by Crippen LogP contribution is -2.56. The molecule has 3 amide bonds. The third-order valence-corrected chi connectivity index (χ3v) is 5.81. The summed E-state index contributed by atoms with van der Waals surface area (Å²) >= 11 is 0. The number of nitrogens with zero attached hydrogens (tertiary/aromatic N) is 2. The van der Waals surface area contributed by atoms with Gasteiger partial charge in [-0.05, 0) is 61.6 Å². The zero-order chi connectivity index (χ0) is 27.2. The third kappa shape index (κ3) is 10.7. The second-order valence-corrected chi connectivity index (χ2v) is 9.02. The third-order valence-electron chi connectivity index (χ3n) is 5.81. The molecule has 1 aliphatic rings. The van der Waals surface area contributed by atoms with Gasteiger partial charge < -0.3 is 20.4 Å². The van der Waals surface area contributed by atoms with E-state index in [2.05, 4.69) is 41.8 Å². The average molecular weight is 517 g/mol. The maximum absolute atomic E-state index is 12.2. The Balaban J connectivity index is 0.000000449. The van der Waals surface area contributed by atoms with Crippen LogP contribution in [0.15, 0.2) is 42.5 Å². The van der Waals surface area contributed by atoms with Crippen molar-refractivity contribution in [1.82, 2.24) is 20.4 Å². The van der Waals surface area contributed by atoms with Gasteiger partial charge in [0.1, 0.15) is 18.2 Å². The quantitative estimate of drug-likeness (QED) is 0.355. The summed E-state index contributed by atoms with van der Waals surface area (Å²) in [6.45, 7) is 9.33. The molecule has 0 aromatic heterocycles. The highest BCUT2D eigenvalue weighted by Gasteiger charge is 2.32. The molecule has 1 fully saturated rings. The highest BCUT2D eigenvalue weighted by Crippen LogP contribution is 2.07. The van der Waals surface area contributed by atoms with Crippen molar-refractivity contribution < 1.29 is 23.2 Å². The molecule has 1 aliphatic heterocycles. The average Bonchev–Trinajstić information content (AvgIpc) is 2.85. The van der Waals surface area contributed by atoms with Gasteiger partial charge in [-0.2, -0.15) is 0 Å². The first kappa shape index (κ1) is 29.9. The fraction of sp³-hybridized carbons (Fsp3) is 0.464. The lowest BCUT2D eigenvalue weighted by molar-refractivity contribution is -0.156. The summed E-state index contributed by atoms with van der Waals surface area (Å²) in [7, 11) is 0. The molecule has 2 aromatic rings. The largest absolute Gasteiger partial charge is 0.355 e. The molecule has 0 aliphatic carbocycles. The van der Waals surface area contributed by atoms with Crippen LogP contribution in [0.2, 0.25) is 0 Å². The SMILES string of the molecule is CCCN1CCN(CC(=O)NCCCNCc2cccc(CC)c2)C(=O)C1=O.Cc1cc(F)cc(F)c1. The van der Waals surface area contributed by atoms with Crippen LogP contribution in [0.1, 0.15) is 43.4 Å². The molecular weight excluding hydrogens is 478 g/mol. The summed E-state index contributed by atoms with van der Waals surface area (Å²) in [5, 5.41) is 6.19.